The van der Waals surface area contributed by atoms with E-state index in [0.29, 0.717) is 13.2 Å². The number of rotatable bonds is 6. The van der Waals surface area contributed by atoms with Crippen LogP contribution in [0, 0.1) is 5.41 Å². The van der Waals surface area contributed by atoms with Crippen molar-refractivity contribution < 1.29 is 19.7 Å². The average Bonchev–Trinajstić information content (AvgIpc) is 2.70. The summed E-state index contributed by atoms with van der Waals surface area (Å²) >= 11 is 0. The Labute approximate surface area is 169 Å². The molecule has 4 aromatic carbocycles. The molecule has 0 spiro atoms. The number of fused-ring (bicyclic) bond motifs is 2. The van der Waals surface area contributed by atoms with Crippen LogP contribution in [-0.4, -0.2) is 23.4 Å². The lowest BCUT2D eigenvalue weighted by Gasteiger charge is -2.25. The van der Waals surface area contributed by atoms with Crippen LogP contribution in [0.15, 0.2) is 72.8 Å². The molecule has 0 radical (unpaired) electrons. The third-order valence-electron chi connectivity index (χ3n) is 4.85. The number of benzene rings is 4. The molecule has 0 fully saturated rings. The minimum absolute atomic E-state index is 0.207. The molecule has 0 saturated carbocycles. The average molecular weight is 388 g/mol. The molecule has 0 aliphatic heterocycles. The van der Waals surface area contributed by atoms with Crippen LogP contribution in [0.2, 0.25) is 0 Å². The van der Waals surface area contributed by atoms with Gasteiger partial charge in [0.1, 0.15) is 23.0 Å². The van der Waals surface area contributed by atoms with E-state index in [1.54, 1.807) is 24.3 Å². The van der Waals surface area contributed by atoms with Crippen LogP contribution in [0.5, 0.6) is 23.0 Å². The quantitative estimate of drug-likeness (QED) is 0.432. The minimum Gasteiger partial charge on any atom is -0.508 e. The van der Waals surface area contributed by atoms with Gasteiger partial charge in [-0.1, -0.05) is 38.1 Å². The molecule has 0 aromatic heterocycles. The van der Waals surface area contributed by atoms with Gasteiger partial charge in [0.15, 0.2) is 0 Å². The highest BCUT2D eigenvalue weighted by Crippen LogP contribution is 2.28. The molecule has 0 bridgehead atoms. The lowest BCUT2D eigenvalue weighted by atomic mass is 9.96. The molecule has 4 heteroatoms. The Morgan fingerprint density at radius 1 is 0.586 bits per heavy atom. The number of ether oxygens (including phenoxy) is 2. The van der Waals surface area contributed by atoms with Crippen LogP contribution >= 0.6 is 0 Å². The predicted molar refractivity (Wildman–Crippen MR) is 116 cm³/mol. The second kappa shape index (κ2) is 7.55. The molecule has 0 saturated heterocycles. The van der Waals surface area contributed by atoms with E-state index in [1.807, 2.05) is 48.5 Å². The maximum atomic E-state index is 9.67. The van der Waals surface area contributed by atoms with Crippen LogP contribution in [0.1, 0.15) is 13.8 Å². The van der Waals surface area contributed by atoms with Crippen molar-refractivity contribution >= 4 is 21.5 Å². The highest BCUT2D eigenvalue weighted by atomic mass is 16.5. The Balaban J connectivity index is 1.40. The summed E-state index contributed by atoms with van der Waals surface area (Å²) in [5.41, 5.74) is -0.207. The van der Waals surface area contributed by atoms with E-state index in [2.05, 4.69) is 13.8 Å². The van der Waals surface area contributed by atoms with Crippen LogP contribution in [0.25, 0.3) is 21.5 Å². The molecule has 0 heterocycles. The summed E-state index contributed by atoms with van der Waals surface area (Å²) < 4.78 is 12.0. The smallest absolute Gasteiger partial charge is 0.119 e. The fourth-order valence-electron chi connectivity index (χ4n) is 3.20. The molecule has 4 aromatic rings. The lowest BCUT2D eigenvalue weighted by molar-refractivity contribution is 0.111. The summed E-state index contributed by atoms with van der Waals surface area (Å²) in [5, 5.41) is 23.3. The molecule has 0 aliphatic carbocycles. The third-order valence-corrected chi connectivity index (χ3v) is 4.85. The molecule has 0 aliphatic rings. The second-order valence-electron chi connectivity index (χ2n) is 8.13. The Kier molecular flexibility index (Phi) is 4.93. The fourth-order valence-corrected chi connectivity index (χ4v) is 3.20. The van der Waals surface area contributed by atoms with Gasteiger partial charge >= 0.3 is 0 Å². The van der Waals surface area contributed by atoms with Crippen molar-refractivity contribution in [3.05, 3.63) is 72.8 Å². The Morgan fingerprint density at radius 3 is 1.45 bits per heavy atom. The van der Waals surface area contributed by atoms with Gasteiger partial charge in [-0.25, -0.2) is 0 Å². The maximum Gasteiger partial charge on any atom is 0.119 e. The van der Waals surface area contributed by atoms with Gasteiger partial charge in [-0.2, -0.15) is 0 Å². The van der Waals surface area contributed by atoms with Crippen molar-refractivity contribution in [2.75, 3.05) is 13.2 Å². The van der Waals surface area contributed by atoms with Gasteiger partial charge in [-0.05, 0) is 70.1 Å². The van der Waals surface area contributed by atoms with Crippen LogP contribution in [0.3, 0.4) is 0 Å². The lowest BCUT2D eigenvalue weighted by Crippen LogP contribution is -2.28. The summed E-state index contributed by atoms with van der Waals surface area (Å²) in [6, 6.07) is 22.3. The highest BCUT2D eigenvalue weighted by Gasteiger charge is 2.20. The van der Waals surface area contributed by atoms with Gasteiger partial charge in [0.25, 0.3) is 0 Å². The van der Waals surface area contributed by atoms with Crippen molar-refractivity contribution in [3.8, 4) is 23.0 Å². The summed E-state index contributed by atoms with van der Waals surface area (Å²) in [6.45, 7) is 5.16. The first-order valence-corrected chi connectivity index (χ1v) is 9.59. The van der Waals surface area contributed by atoms with Crippen LogP contribution < -0.4 is 9.47 Å². The minimum atomic E-state index is -0.207. The third kappa shape index (κ3) is 4.54. The number of hydrogen-bond acceptors (Lipinski definition) is 4. The van der Waals surface area contributed by atoms with Crippen molar-refractivity contribution in [2.24, 2.45) is 5.41 Å². The Morgan fingerprint density at radius 2 is 1.00 bits per heavy atom. The van der Waals surface area contributed by atoms with Gasteiger partial charge in [0.05, 0.1) is 13.2 Å². The van der Waals surface area contributed by atoms with Crippen LogP contribution in [0.4, 0.5) is 0 Å². The zero-order valence-electron chi connectivity index (χ0n) is 16.6. The maximum absolute atomic E-state index is 9.67. The van der Waals surface area contributed by atoms with E-state index >= 15 is 0 Å². The van der Waals surface area contributed by atoms with Crippen molar-refractivity contribution in [1.82, 2.24) is 0 Å². The molecule has 0 atom stereocenters. The van der Waals surface area contributed by atoms with E-state index in [9.17, 15) is 10.2 Å². The van der Waals surface area contributed by atoms with E-state index < -0.39 is 0 Å². The molecular weight excluding hydrogens is 364 g/mol. The van der Waals surface area contributed by atoms with E-state index in [0.717, 1.165) is 33.0 Å². The molecular formula is C25H24O4. The first kappa shape index (κ1) is 18.9. The molecule has 29 heavy (non-hydrogen) atoms. The summed E-state index contributed by atoms with van der Waals surface area (Å²) in [6.07, 6.45) is 0. The predicted octanol–water partition coefficient (Wildman–Crippen LogP) is 5.89. The SMILES string of the molecule is CC(C)(COc1ccc2ccc(O)cc2c1)COc1ccc2ccc(O)cc2c1. The standard InChI is InChI=1S/C25H24O4/c1-25(2,15-28-23-9-5-17-3-7-21(26)11-19(17)13-23)16-29-24-10-6-18-4-8-22(27)12-20(18)14-24/h3-14,26-27H,15-16H2,1-2H3. The van der Waals surface area contributed by atoms with Crippen LogP contribution in [-0.2, 0) is 0 Å². The van der Waals surface area contributed by atoms with Crippen molar-refractivity contribution in [1.29, 1.82) is 0 Å². The number of aromatic hydroxyl groups is 2. The molecule has 0 unspecified atom stereocenters. The Bertz CT molecular complexity index is 1070. The summed E-state index contributed by atoms with van der Waals surface area (Å²) in [5.74, 6) is 2.01. The van der Waals surface area contributed by atoms with Gasteiger partial charge < -0.3 is 19.7 Å². The first-order chi connectivity index (χ1) is 13.9. The number of phenolic OH excluding ortho intramolecular Hbond substituents is 2. The molecule has 2 N–H and O–H groups in total. The Hall–Kier alpha value is -3.40. The number of hydrogen-bond donors (Lipinski definition) is 2. The topological polar surface area (TPSA) is 58.9 Å². The summed E-state index contributed by atoms with van der Waals surface area (Å²) in [7, 11) is 0. The van der Waals surface area contributed by atoms with Gasteiger partial charge in [-0.15, -0.1) is 0 Å². The monoisotopic (exact) mass is 388 g/mol. The first-order valence-electron chi connectivity index (χ1n) is 9.59. The highest BCUT2D eigenvalue weighted by molar-refractivity contribution is 5.85. The van der Waals surface area contributed by atoms with Crippen molar-refractivity contribution in [3.63, 3.8) is 0 Å². The molecule has 0 amide bonds. The van der Waals surface area contributed by atoms with Gasteiger partial charge in [0.2, 0.25) is 0 Å². The van der Waals surface area contributed by atoms with E-state index in [-0.39, 0.29) is 16.9 Å². The largest absolute Gasteiger partial charge is 0.508 e. The second-order valence-corrected chi connectivity index (χ2v) is 8.13. The van der Waals surface area contributed by atoms with Gasteiger partial charge in [0, 0.05) is 5.41 Å². The molecule has 4 rings (SSSR count). The van der Waals surface area contributed by atoms with Gasteiger partial charge in [-0.3, -0.25) is 0 Å². The summed E-state index contributed by atoms with van der Waals surface area (Å²) in [4.78, 5) is 0. The van der Waals surface area contributed by atoms with Crippen molar-refractivity contribution in [2.45, 2.75) is 13.8 Å². The fraction of sp³-hybridized carbons (Fsp3) is 0.200. The zero-order chi connectivity index (χ0) is 20.4. The van der Waals surface area contributed by atoms with E-state index in [4.69, 9.17) is 9.47 Å². The zero-order valence-corrected chi connectivity index (χ0v) is 16.6. The normalized spacial score (nSPS) is 11.7. The molecule has 148 valence electrons. The molecule has 4 nitrogen and oxygen atoms in total. The van der Waals surface area contributed by atoms with E-state index in [1.165, 1.54) is 0 Å². The number of phenols is 2.